The summed E-state index contributed by atoms with van der Waals surface area (Å²) in [6, 6.07) is 3.19. The first-order valence-electron chi connectivity index (χ1n) is 6.75. The Labute approximate surface area is 135 Å². The zero-order valence-corrected chi connectivity index (χ0v) is 13.9. The Hall–Kier alpha value is -0.800. The van der Waals surface area contributed by atoms with Crippen LogP contribution in [-0.2, 0) is 10.0 Å². The fraction of sp³-hybridized carbons (Fsp3) is 0.538. The first kappa shape index (κ1) is 17.6. The van der Waals surface area contributed by atoms with E-state index in [0.717, 1.165) is 31.4 Å². The van der Waals surface area contributed by atoms with E-state index in [1.165, 1.54) is 6.07 Å². The summed E-state index contributed by atoms with van der Waals surface area (Å²) < 4.78 is 68.6. The zero-order valence-electron chi connectivity index (χ0n) is 11.5. The summed E-state index contributed by atoms with van der Waals surface area (Å²) in [5, 5.41) is 0. The maximum absolute atomic E-state index is 12.4. The minimum absolute atomic E-state index is 0.249. The first-order valence-corrected chi connectivity index (χ1v) is 9.03. The highest BCUT2D eigenvalue weighted by molar-refractivity contribution is 9.10. The van der Waals surface area contributed by atoms with Gasteiger partial charge in [0.1, 0.15) is 4.90 Å². The van der Waals surface area contributed by atoms with Crippen LogP contribution in [0.15, 0.2) is 27.6 Å². The monoisotopic (exact) mass is 401 g/mol. The average Bonchev–Trinajstić information content (AvgIpc) is 2.37. The lowest BCUT2D eigenvalue weighted by Crippen LogP contribution is -2.36. The Balaban J connectivity index is 2.29. The molecule has 1 saturated carbocycles. The molecule has 1 aliphatic carbocycles. The SMILES string of the molecule is O=S(=O)(NC1CCCCC1)c1ccc(Br)cc1OC(F)(F)F. The summed E-state index contributed by atoms with van der Waals surface area (Å²) in [7, 11) is -4.08. The summed E-state index contributed by atoms with van der Waals surface area (Å²) >= 11 is 3.01. The fourth-order valence-corrected chi connectivity index (χ4v) is 4.17. The molecule has 1 fully saturated rings. The van der Waals surface area contributed by atoms with Crippen molar-refractivity contribution in [1.29, 1.82) is 0 Å². The van der Waals surface area contributed by atoms with Gasteiger partial charge in [-0.1, -0.05) is 35.2 Å². The van der Waals surface area contributed by atoms with Gasteiger partial charge in [0.25, 0.3) is 0 Å². The average molecular weight is 402 g/mol. The molecular weight excluding hydrogens is 387 g/mol. The van der Waals surface area contributed by atoms with Crippen LogP contribution in [0.2, 0.25) is 0 Å². The Morgan fingerprint density at radius 1 is 1.18 bits per heavy atom. The molecule has 1 N–H and O–H groups in total. The van der Waals surface area contributed by atoms with Crippen LogP contribution in [0.1, 0.15) is 32.1 Å². The molecule has 0 unspecified atom stereocenters. The maximum atomic E-state index is 12.4. The summed E-state index contributed by atoms with van der Waals surface area (Å²) in [5.74, 6) is -0.745. The van der Waals surface area contributed by atoms with Crippen molar-refractivity contribution in [3.63, 3.8) is 0 Å². The zero-order chi connectivity index (χ0) is 16.4. The molecule has 0 saturated heterocycles. The first-order chi connectivity index (χ1) is 10.2. The summed E-state index contributed by atoms with van der Waals surface area (Å²) in [5.41, 5.74) is 0. The van der Waals surface area contributed by atoms with Crippen molar-refractivity contribution in [2.24, 2.45) is 0 Å². The molecule has 2 rings (SSSR count). The van der Waals surface area contributed by atoms with Gasteiger partial charge in [0.05, 0.1) is 0 Å². The Morgan fingerprint density at radius 2 is 1.82 bits per heavy atom. The third-order valence-corrected chi connectivity index (χ3v) is 5.40. The van der Waals surface area contributed by atoms with Gasteiger partial charge in [-0.25, -0.2) is 13.1 Å². The van der Waals surface area contributed by atoms with Crippen LogP contribution >= 0.6 is 15.9 Å². The second-order valence-corrected chi connectivity index (χ2v) is 7.69. The molecule has 1 aromatic rings. The van der Waals surface area contributed by atoms with Gasteiger partial charge >= 0.3 is 6.36 Å². The number of ether oxygens (including phenoxy) is 1. The molecule has 0 aromatic heterocycles. The highest BCUT2D eigenvalue weighted by Crippen LogP contribution is 2.32. The smallest absolute Gasteiger partial charge is 0.404 e. The van der Waals surface area contributed by atoms with Crippen LogP contribution in [-0.4, -0.2) is 20.8 Å². The molecule has 0 aliphatic heterocycles. The number of hydrogen-bond acceptors (Lipinski definition) is 3. The minimum atomic E-state index is -4.96. The maximum Gasteiger partial charge on any atom is 0.573 e. The van der Waals surface area contributed by atoms with Crippen LogP contribution in [0.25, 0.3) is 0 Å². The van der Waals surface area contributed by atoms with E-state index in [9.17, 15) is 21.6 Å². The molecular formula is C13H15BrF3NO3S. The number of benzene rings is 1. The number of alkyl halides is 3. The summed E-state index contributed by atoms with van der Waals surface area (Å²) in [6.45, 7) is 0. The lowest BCUT2D eigenvalue weighted by atomic mass is 9.96. The van der Waals surface area contributed by atoms with E-state index in [1.807, 2.05) is 0 Å². The predicted octanol–water partition coefficient (Wildman–Crippen LogP) is 3.96. The van der Waals surface area contributed by atoms with Gasteiger partial charge in [0, 0.05) is 10.5 Å². The lowest BCUT2D eigenvalue weighted by Gasteiger charge is -2.23. The van der Waals surface area contributed by atoms with Crippen molar-refractivity contribution in [2.75, 3.05) is 0 Å². The molecule has 22 heavy (non-hydrogen) atoms. The lowest BCUT2D eigenvalue weighted by molar-refractivity contribution is -0.275. The topological polar surface area (TPSA) is 55.4 Å². The van der Waals surface area contributed by atoms with E-state index in [1.54, 1.807) is 0 Å². The highest BCUT2D eigenvalue weighted by atomic mass is 79.9. The Morgan fingerprint density at radius 3 is 2.41 bits per heavy atom. The molecule has 124 valence electrons. The van der Waals surface area contributed by atoms with Crippen LogP contribution in [0.5, 0.6) is 5.75 Å². The molecule has 0 spiro atoms. The van der Waals surface area contributed by atoms with E-state index in [2.05, 4.69) is 25.4 Å². The van der Waals surface area contributed by atoms with E-state index >= 15 is 0 Å². The summed E-state index contributed by atoms with van der Waals surface area (Å²) in [4.78, 5) is -0.515. The molecule has 0 bridgehead atoms. The third kappa shape index (κ3) is 4.85. The second-order valence-electron chi connectivity index (χ2n) is 5.10. The van der Waals surface area contributed by atoms with Crippen molar-refractivity contribution in [1.82, 2.24) is 4.72 Å². The van der Waals surface area contributed by atoms with Crippen molar-refractivity contribution in [3.8, 4) is 5.75 Å². The van der Waals surface area contributed by atoms with Crippen molar-refractivity contribution in [3.05, 3.63) is 22.7 Å². The van der Waals surface area contributed by atoms with Crippen LogP contribution in [0.3, 0.4) is 0 Å². The molecule has 0 amide bonds. The molecule has 0 atom stereocenters. The van der Waals surface area contributed by atoms with Crippen molar-refractivity contribution < 1.29 is 26.3 Å². The van der Waals surface area contributed by atoms with Gasteiger partial charge < -0.3 is 4.74 Å². The number of hydrogen-bond donors (Lipinski definition) is 1. The molecule has 0 heterocycles. The van der Waals surface area contributed by atoms with Gasteiger partial charge in [0.2, 0.25) is 10.0 Å². The molecule has 0 radical (unpaired) electrons. The quantitative estimate of drug-likeness (QED) is 0.830. The van der Waals surface area contributed by atoms with E-state index in [4.69, 9.17) is 0 Å². The normalized spacial score (nSPS) is 17.5. The van der Waals surface area contributed by atoms with Gasteiger partial charge in [-0.2, -0.15) is 0 Å². The standard InChI is InChI=1S/C13H15BrF3NO3S/c14-9-6-7-12(11(8-9)21-13(15,16)17)22(19,20)18-10-4-2-1-3-5-10/h6-8,10,18H,1-5H2. The third-order valence-electron chi connectivity index (χ3n) is 3.35. The molecule has 4 nitrogen and oxygen atoms in total. The highest BCUT2D eigenvalue weighted by Gasteiger charge is 2.34. The van der Waals surface area contributed by atoms with Crippen LogP contribution < -0.4 is 9.46 Å². The van der Waals surface area contributed by atoms with Crippen molar-refractivity contribution in [2.45, 2.75) is 49.4 Å². The summed E-state index contributed by atoms with van der Waals surface area (Å²) in [6.07, 6.45) is -0.746. The Bertz CT molecular complexity index is 628. The van der Waals surface area contributed by atoms with E-state index in [-0.39, 0.29) is 6.04 Å². The number of sulfonamides is 1. The predicted molar refractivity (Wildman–Crippen MR) is 78.0 cm³/mol. The van der Waals surface area contributed by atoms with Gasteiger partial charge in [0.15, 0.2) is 5.75 Å². The van der Waals surface area contributed by atoms with Gasteiger partial charge in [-0.15, -0.1) is 13.2 Å². The number of rotatable bonds is 4. The van der Waals surface area contributed by atoms with E-state index < -0.39 is 27.0 Å². The Kier molecular flexibility index (Phi) is 5.39. The molecule has 1 aliphatic rings. The number of nitrogens with one attached hydrogen (secondary N) is 1. The van der Waals surface area contributed by atoms with E-state index in [0.29, 0.717) is 17.3 Å². The van der Waals surface area contributed by atoms with Crippen LogP contribution in [0.4, 0.5) is 13.2 Å². The molecule has 9 heteroatoms. The largest absolute Gasteiger partial charge is 0.573 e. The fourth-order valence-electron chi connectivity index (χ4n) is 2.41. The van der Waals surface area contributed by atoms with Crippen molar-refractivity contribution >= 4 is 26.0 Å². The van der Waals surface area contributed by atoms with Gasteiger partial charge in [-0.3, -0.25) is 0 Å². The minimum Gasteiger partial charge on any atom is -0.404 e. The van der Waals surface area contributed by atoms with Crippen LogP contribution in [0, 0.1) is 0 Å². The molecule has 1 aromatic carbocycles. The number of halogens is 4. The van der Waals surface area contributed by atoms with Gasteiger partial charge in [-0.05, 0) is 31.0 Å². The second kappa shape index (κ2) is 6.76.